The molecule has 15 heteroatoms. The molecule has 0 spiro atoms. The van der Waals surface area contributed by atoms with Crippen LogP contribution in [-0.2, 0) is 14.3 Å². The van der Waals surface area contributed by atoms with Gasteiger partial charge in [0.15, 0.2) is 0 Å². The normalized spacial score (nSPS) is 43.2. The van der Waals surface area contributed by atoms with Gasteiger partial charge in [0.25, 0.3) is 0 Å². The molecule has 2 amide bonds. The average Bonchev–Trinajstić information content (AvgIpc) is 3.46. The molecular weight excluding hydrogens is 559 g/mol. The number of thioether (sulfide) groups is 1. The van der Waals surface area contributed by atoms with Crippen LogP contribution >= 0.6 is 23.4 Å². The number of nitrogens with one attached hydrogen (secondary N) is 6. The number of carbonyl (C=O) groups excluding carboxylic acids is 2. The Hall–Kier alpha value is -0.870. The average molecular weight is 598 g/mol. The lowest BCUT2D eigenvalue weighted by atomic mass is 9.70. The third kappa shape index (κ3) is 6.63. The molecule has 5 heterocycles. The number of ether oxygens (including phenoxy) is 1. The van der Waals surface area contributed by atoms with Crippen LogP contribution in [0, 0.1) is 17.8 Å². The van der Waals surface area contributed by atoms with Gasteiger partial charge in [0.1, 0.15) is 11.5 Å². The Kier molecular flexibility index (Phi) is 9.24. The lowest BCUT2D eigenvalue weighted by Crippen LogP contribution is -2.63. The van der Waals surface area contributed by atoms with Gasteiger partial charge in [0, 0.05) is 63.7 Å². The van der Waals surface area contributed by atoms with Crippen LogP contribution < -0.4 is 31.9 Å². The van der Waals surface area contributed by atoms with Crippen LogP contribution in [0.15, 0.2) is 0 Å². The summed E-state index contributed by atoms with van der Waals surface area (Å²) in [6.45, 7) is 3.95. The van der Waals surface area contributed by atoms with E-state index in [0.717, 1.165) is 12.8 Å². The number of fused-ring (bicyclic) bond motifs is 1. The number of piperidine rings is 2. The van der Waals surface area contributed by atoms with E-state index >= 15 is 0 Å². The monoisotopic (exact) mass is 597 g/mol. The third-order valence-electron chi connectivity index (χ3n) is 8.87. The van der Waals surface area contributed by atoms with E-state index in [0.29, 0.717) is 32.2 Å². The summed E-state index contributed by atoms with van der Waals surface area (Å²) >= 11 is 8.03. The first-order chi connectivity index (χ1) is 18.5. The second-order valence-electron chi connectivity index (χ2n) is 11.4. The van der Waals surface area contributed by atoms with E-state index in [9.17, 15) is 22.8 Å². The van der Waals surface area contributed by atoms with Crippen LogP contribution in [0.4, 0.5) is 13.2 Å². The second kappa shape index (κ2) is 12.2. The number of halogens is 4. The van der Waals surface area contributed by atoms with Crippen molar-refractivity contribution in [3.63, 3.8) is 0 Å². The Morgan fingerprint density at radius 2 is 1.82 bits per heavy atom. The van der Waals surface area contributed by atoms with Crippen molar-refractivity contribution in [1.29, 1.82) is 0 Å². The number of carbonyl (C=O) groups is 2. The van der Waals surface area contributed by atoms with Crippen molar-refractivity contribution in [2.45, 2.75) is 72.5 Å². The molecule has 39 heavy (non-hydrogen) atoms. The first-order valence-corrected chi connectivity index (χ1v) is 15.1. The van der Waals surface area contributed by atoms with Crippen molar-refractivity contribution < 1.29 is 27.5 Å². The molecule has 5 fully saturated rings. The Labute approximate surface area is 236 Å². The van der Waals surface area contributed by atoms with Crippen LogP contribution in [0.25, 0.3) is 0 Å². The number of amides is 2. The van der Waals surface area contributed by atoms with E-state index in [-0.39, 0.29) is 71.1 Å². The maximum Gasteiger partial charge on any atom is 0.405 e. The van der Waals surface area contributed by atoms with Crippen molar-refractivity contribution in [2.75, 3.05) is 46.4 Å². The summed E-state index contributed by atoms with van der Waals surface area (Å²) in [7, 11) is 1.71. The zero-order chi connectivity index (χ0) is 27.9. The molecule has 5 rings (SSSR count). The molecule has 10 nitrogen and oxygen atoms in total. The second-order valence-corrected chi connectivity index (χ2v) is 13.3. The van der Waals surface area contributed by atoms with Crippen molar-refractivity contribution in [1.82, 2.24) is 36.8 Å². The van der Waals surface area contributed by atoms with Gasteiger partial charge >= 0.3 is 6.18 Å². The summed E-state index contributed by atoms with van der Waals surface area (Å²) in [6.07, 6.45) is -2.73. The smallest absolute Gasteiger partial charge is 0.380 e. The van der Waals surface area contributed by atoms with Gasteiger partial charge in [-0.2, -0.15) is 13.2 Å². The molecule has 0 saturated carbocycles. The number of likely N-dealkylation sites (tertiary alicyclic amines) is 1. The van der Waals surface area contributed by atoms with Crippen LogP contribution in [-0.4, -0.2) is 116 Å². The number of rotatable bonds is 5. The number of hydrogen-bond acceptors (Lipinski definition) is 9. The van der Waals surface area contributed by atoms with Crippen LogP contribution in [0.3, 0.4) is 0 Å². The summed E-state index contributed by atoms with van der Waals surface area (Å²) in [5, 5.41) is 18.6. The number of hydrogen-bond donors (Lipinski definition) is 6. The van der Waals surface area contributed by atoms with Crippen LogP contribution in [0.1, 0.15) is 19.8 Å². The van der Waals surface area contributed by atoms with E-state index in [1.807, 2.05) is 0 Å². The summed E-state index contributed by atoms with van der Waals surface area (Å²) in [6, 6.07) is -2.02. The van der Waals surface area contributed by atoms with E-state index < -0.39 is 18.3 Å². The number of alkyl halides is 4. The van der Waals surface area contributed by atoms with E-state index in [1.54, 1.807) is 23.8 Å². The van der Waals surface area contributed by atoms with Crippen molar-refractivity contribution in [2.24, 2.45) is 17.8 Å². The molecule has 5 saturated heterocycles. The van der Waals surface area contributed by atoms with Gasteiger partial charge in [-0.1, -0.05) is 0 Å². The molecule has 0 aromatic heterocycles. The zero-order valence-corrected chi connectivity index (χ0v) is 23.7. The fourth-order valence-electron chi connectivity index (χ4n) is 6.74. The Balaban J connectivity index is 1.13. The number of piperazine rings is 1. The molecule has 5 aliphatic heterocycles. The lowest BCUT2D eigenvalue weighted by Gasteiger charge is -2.45. The van der Waals surface area contributed by atoms with E-state index in [2.05, 4.69) is 38.8 Å². The fraction of sp³-hybridized carbons (Fsp3) is 0.917. The standard InChI is InChI=1S/C24H39ClF3N7O3S/c1-11-3-12(13-4-20(25)32-7-17(13)38-2)14(5-29-11)21(36)34-23-33-16-9-35(10-18(16)39-23)22(37)15-6-31-19(8-30-15)24(26,27)28/h11-20,23,29-33H,3-10H2,1-2H3,(H,34,36). The zero-order valence-electron chi connectivity index (χ0n) is 22.1. The Bertz CT molecular complexity index is 886. The quantitative estimate of drug-likeness (QED) is 0.186. The molecule has 222 valence electrons. The van der Waals surface area contributed by atoms with Crippen molar-refractivity contribution >= 4 is 35.2 Å². The molecule has 11 unspecified atom stereocenters. The summed E-state index contributed by atoms with van der Waals surface area (Å²) in [5.41, 5.74) is -0.406. The summed E-state index contributed by atoms with van der Waals surface area (Å²) < 4.78 is 44.5. The minimum Gasteiger partial charge on any atom is -0.380 e. The largest absolute Gasteiger partial charge is 0.405 e. The maximum absolute atomic E-state index is 13.5. The highest BCUT2D eigenvalue weighted by atomic mass is 35.5. The highest BCUT2D eigenvalue weighted by Gasteiger charge is 2.48. The van der Waals surface area contributed by atoms with Crippen molar-refractivity contribution in [3.05, 3.63) is 0 Å². The SMILES string of the molecule is COC1CNC(Cl)CC1C1CC(C)NCC1C(=O)NC1NC2CN(C(=O)C3CNC(C(F)(F)F)CN3)CC2S1. The number of nitrogens with zero attached hydrogens (tertiary/aromatic N) is 1. The molecule has 5 aliphatic rings. The molecule has 0 aromatic rings. The van der Waals surface area contributed by atoms with Crippen molar-refractivity contribution in [3.8, 4) is 0 Å². The fourth-order valence-corrected chi connectivity index (χ4v) is 8.44. The summed E-state index contributed by atoms with van der Waals surface area (Å²) in [4.78, 5) is 28.2. The van der Waals surface area contributed by atoms with Gasteiger partial charge < -0.3 is 30.9 Å². The molecule has 0 aromatic carbocycles. The van der Waals surface area contributed by atoms with Gasteiger partial charge in [0.2, 0.25) is 11.8 Å². The third-order valence-corrected chi connectivity index (χ3v) is 10.6. The van der Waals surface area contributed by atoms with Gasteiger partial charge in [-0.25, -0.2) is 0 Å². The lowest BCUT2D eigenvalue weighted by molar-refractivity contribution is -0.160. The molecule has 6 N–H and O–H groups in total. The summed E-state index contributed by atoms with van der Waals surface area (Å²) in [5.74, 6) is -0.0951. The molecule has 11 atom stereocenters. The van der Waals surface area contributed by atoms with Gasteiger partial charge in [-0.15, -0.1) is 23.4 Å². The Morgan fingerprint density at radius 1 is 1.03 bits per heavy atom. The van der Waals surface area contributed by atoms with Gasteiger partial charge in [0.05, 0.1) is 23.6 Å². The molecule has 0 radical (unpaired) electrons. The van der Waals surface area contributed by atoms with E-state index in [4.69, 9.17) is 16.3 Å². The molecule has 0 bridgehead atoms. The predicted octanol–water partition coefficient (Wildman–Crippen LogP) is -0.402. The molecular formula is C24H39ClF3N7O3S. The first kappa shape index (κ1) is 29.6. The highest BCUT2D eigenvalue weighted by Crippen LogP contribution is 2.38. The maximum atomic E-state index is 13.5. The molecule has 0 aliphatic carbocycles. The topological polar surface area (TPSA) is 119 Å². The highest BCUT2D eigenvalue weighted by molar-refractivity contribution is 8.00. The minimum atomic E-state index is -4.34. The minimum absolute atomic E-state index is 0.000611. The Morgan fingerprint density at radius 3 is 2.49 bits per heavy atom. The van der Waals surface area contributed by atoms with Crippen LogP contribution in [0.2, 0.25) is 0 Å². The van der Waals surface area contributed by atoms with Gasteiger partial charge in [-0.3, -0.25) is 20.2 Å². The van der Waals surface area contributed by atoms with Gasteiger partial charge in [-0.05, 0) is 31.6 Å². The predicted molar refractivity (Wildman–Crippen MR) is 142 cm³/mol. The first-order valence-electron chi connectivity index (χ1n) is 13.7. The number of methoxy groups -OCH3 is 1. The van der Waals surface area contributed by atoms with Crippen LogP contribution in [0.5, 0.6) is 0 Å². The van der Waals surface area contributed by atoms with E-state index in [1.165, 1.54) is 0 Å².